The maximum Gasteiger partial charge on any atom is 0.226 e. The number of carbonyl (C=O) groups excluding carboxylic acids is 1. The minimum Gasteiger partial charge on any atom is -0.468 e. The maximum atomic E-state index is 13.2. The first-order chi connectivity index (χ1) is 13.5. The van der Waals surface area contributed by atoms with Crippen LogP contribution in [0.3, 0.4) is 0 Å². The Kier molecular flexibility index (Phi) is 5.51. The van der Waals surface area contributed by atoms with Crippen LogP contribution in [0.4, 0.5) is 4.39 Å². The van der Waals surface area contributed by atoms with Gasteiger partial charge in [-0.05, 0) is 62.1 Å². The zero-order valence-electron chi connectivity index (χ0n) is 16.0. The normalized spacial score (nSPS) is 22.9. The van der Waals surface area contributed by atoms with Gasteiger partial charge in [0, 0.05) is 19.6 Å². The van der Waals surface area contributed by atoms with Gasteiger partial charge in [-0.1, -0.05) is 12.1 Å². The van der Waals surface area contributed by atoms with Gasteiger partial charge in [-0.2, -0.15) is 0 Å². The van der Waals surface area contributed by atoms with E-state index in [-0.39, 0.29) is 17.6 Å². The molecule has 0 aliphatic carbocycles. The first kappa shape index (κ1) is 19.2. The Morgan fingerprint density at radius 2 is 1.93 bits per heavy atom. The fourth-order valence-electron chi connectivity index (χ4n) is 4.43. The molecule has 0 saturated carbocycles. The molecule has 0 radical (unpaired) electrons. The minimum absolute atomic E-state index is 0.000672. The highest BCUT2D eigenvalue weighted by molar-refractivity contribution is 5.79. The highest BCUT2D eigenvalue weighted by Gasteiger charge is 2.37. The van der Waals surface area contributed by atoms with Gasteiger partial charge in [-0.15, -0.1) is 0 Å². The highest BCUT2D eigenvalue weighted by atomic mass is 19.1. The molecule has 150 valence electrons. The van der Waals surface area contributed by atoms with E-state index in [2.05, 4.69) is 4.90 Å². The summed E-state index contributed by atoms with van der Waals surface area (Å²) in [6, 6.07) is 9.88. The summed E-state index contributed by atoms with van der Waals surface area (Å²) in [4.78, 5) is 17.2. The SMILES string of the molecule is O=C(C1CCCN(Cc2ccco2)C1)N1CCC(O)(c2ccc(F)cc2)CC1. The molecular weight excluding hydrogens is 359 g/mol. The molecule has 2 aromatic rings. The summed E-state index contributed by atoms with van der Waals surface area (Å²) in [6.45, 7) is 3.52. The zero-order valence-corrected chi connectivity index (χ0v) is 16.0. The van der Waals surface area contributed by atoms with Crippen molar-refractivity contribution in [2.24, 2.45) is 5.92 Å². The summed E-state index contributed by atoms with van der Waals surface area (Å²) in [6.07, 6.45) is 4.55. The number of likely N-dealkylation sites (tertiary alicyclic amines) is 2. The predicted molar refractivity (Wildman–Crippen MR) is 103 cm³/mol. The van der Waals surface area contributed by atoms with Crippen molar-refractivity contribution in [2.75, 3.05) is 26.2 Å². The lowest BCUT2D eigenvalue weighted by Crippen LogP contribution is -2.50. The lowest BCUT2D eigenvalue weighted by atomic mass is 9.84. The first-order valence-corrected chi connectivity index (χ1v) is 10.1. The van der Waals surface area contributed by atoms with Gasteiger partial charge < -0.3 is 14.4 Å². The van der Waals surface area contributed by atoms with Crippen molar-refractivity contribution in [1.82, 2.24) is 9.80 Å². The van der Waals surface area contributed by atoms with Crippen molar-refractivity contribution in [3.8, 4) is 0 Å². The van der Waals surface area contributed by atoms with E-state index in [1.807, 2.05) is 17.0 Å². The monoisotopic (exact) mass is 386 g/mol. The summed E-state index contributed by atoms with van der Waals surface area (Å²) in [5, 5.41) is 11.0. The van der Waals surface area contributed by atoms with E-state index in [0.717, 1.165) is 43.8 Å². The molecule has 1 aromatic heterocycles. The minimum atomic E-state index is -0.984. The topological polar surface area (TPSA) is 56.9 Å². The van der Waals surface area contributed by atoms with Crippen LogP contribution in [0.1, 0.15) is 37.0 Å². The van der Waals surface area contributed by atoms with Crippen LogP contribution in [0.5, 0.6) is 0 Å². The molecule has 1 aromatic carbocycles. The Balaban J connectivity index is 1.33. The van der Waals surface area contributed by atoms with Gasteiger partial charge in [-0.3, -0.25) is 9.69 Å². The molecule has 2 aliphatic rings. The number of carbonyl (C=O) groups is 1. The van der Waals surface area contributed by atoms with Crippen LogP contribution >= 0.6 is 0 Å². The maximum absolute atomic E-state index is 13.2. The fourth-order valence-corrected chi connectivity index (χ4v) is 4.43. The van der Waals surface area contributed by atoms with Gasteiger partial charge >= 0.3 is 0 Å². The molecule has 0 spiro atoms. The number of furan rings is 1. The van der Waals surface area contributed by atoms with Crippen LogP contribution in [0.25, 0.3) is 0 Å². The first-order valence-electron chi connectivity index (χ1n) is 10.1. The summed E-state index contributed by atoms with van der Waals surface area (Å²) >= 11 is 0. The number of hydrogen-bond donors (Lipinski definition) is 1. The quantitative estimate of drug-likeness (QED) is 0.877. The molecule has 0 bridgehead atoms. The van der Waals surface area contributed by atoms with E-state index in [1.54, 1.807) is 18.4 Å². The van der Waals surface area contributed by atoms with Crippen molar-refractivity contribution >= 4 is 5.91 Å². The molecule has 4 rings (SSSR count). The van der Waals surface area contributed by atoms with E-state index < -0.39 is 5.60 Å². The summed E-state index contributed by atoms with van der Waals surface area (Å²) < 4.78 is 18.6. The second kappa shape index (κ2) is 8.05. The second-order valence-electron chi connectivity index (χ2n) is 8.02. The smallest absolute Gasteiger partial charge is 0.226 e. The molecule has 6 heteroatoms. The van der Waals surface area contributed by atoms with Crippen molar-refractivity contribution in [2.45, 2.75) is 37.8 Å². The number of rotatable bonds is 4. The average molecular weight is 386 g/mol. The molecule has 3 heterocycles. The number of piperidine rings is 2. The number of benzene rings is 1. The standard InChI is InChI=1S/C22H27FN2O3/c23-19-7-5-18(6-8-19)22(27)9-12-25(13-10-22)21(26)17-3-1-11-24(15-17)16-20-4-2-14-28-20/h2,4-8,14,17,27H,1,3,9-13,15-16H2. The molecule has 2 fully saturated rings. The number of amides is 1. The Bertz CT molecular complexity index is 783. The Morgan fingerprint density at radius 3 is 2.61 bits per heavy atom. The van der Waals surface area contributed by atoms with Crippen LogP contribution in [-0.4, -0.2) is 47.0 Å². The number of nitrogens with zero attached hydrogens (tertiary/aromatic N) is 2. The number of aliphatic hydroxyl groups is 1. The van der Waals surface area contributed by atoms with Gasteiger partial charge in [0.05, 0.1) is 24.3 Å². The van der Waals surface area contributed by atoms with Crippen LogP contribution < -0.4 is 0 Å². The third-order valence-electron chi connectivity index (χ3n) is 6.10. The van der Waals surface area contributed by atoms with Gasteiger partial charge in [0.25, 0.3) is 0 Å². The molecule has 5 nitrogen and oxygen atoms in total. The largest absolute Gasteiger partial charge is 0.468 e. The van der Waals surface area contributed by atoms with E-state index >= 15 is 0 Å². The van der Waals surface area contributed by atoms with E-state index in [0.29, 0.717) is 25.9 Å². The van der Waals surface area contributed by atoms with Gasteiger partial charge in [-0.25, -0.2) is 4.39 Å². The van der Waals surface area contributed by atoms with Crippen LogP contribution in [-0.2, 0) is 16.9 Å². The van der Waals surface area contributed by atoms with Crippen LogP contribution in [0.2, 0.25) is 0 Å². The fraction of sp³-hybridized carbons (Fsp3) is 0.500. The Hall–Kier alpha value is -2.18. The highest BCUT2D eigenvalue weighted by Crippen LogP contribution is 2.34. The second-order valence-corrected chi connectivity index (χ2v) is 8.02. The molecule has 1 amide bonds. The molecule has 1 atom stereocenters. The Morgan fingerprint density at radius 1 is 1.18 bits per heavy atom. The average Bonchev–Trinajstić information content (AvgIpc) is 3.22. The third-order valence-corrected chi connectivity index (χ3v) is 6.10. The zero-order chi connectivity index (χ0) is 19.6. The van der Waals surface area contributed by atoms with Crippen molar-refractivity contribution < 1.29 is 18.7 Å². The summed E-state index contributed by atoms with van der Waals surface area (Å²) in [5.41, 5.74) is -0.258. The predicted octanol–water partition coefficient (Wildman–Crippen LogP) is 3.14. The van der Waals surface area contributed by atoms with Crippen LogP contribution in [0.15, 0.2) is 47.1 Å². The molecule has 2 saturated heterocycles. The summed E-state index contributed by atoms with van der Waals surface area (Å²) in [7, 11) is 0. The lowest BCUT2D eigenvalue weighted by molar-refractivity contribution is -0.142. The van der Waals surface area contributed by atoms with Crippen LogP contribution in [0, 0.1) is 11.7 Å². The van der Waals surface area contributed by atoms with E-state index in [9.17, 15) is 14.3 Å². The molecule has 28 heavy (non-hydrogen) atoms. The molecular formula is C22H27FN2O3. The molecule has 1 unspecified atom stereocenters. The lowest BCUT2D eigenvalue weighted by Gasteiger charge is -2.41. The van der Waals surface area contributed by atoms with Crippen molar-refractivity contribution in [3.05, 3.63) is 59.8 Å². The van der Waals surface area contributed by atoms with E-state index in [4.69, 9.17) is 4.42 Å². The third kappa shape index (κ3) is 4.13. The number of hydrogen-bond acceptors (Lipinski definition) is 4. The molecule has 2 aliphatic heterocycles. The van der Waals surface area contributed by atoms with Gasteiger partial charge in [0.2, 0.25) is 5.91 Å². The summed E-state index contributed by atoms with van der Waals surface area (Å²) in [5.74, 6) is 0.804. The van der Waals surface area contributed by atoms with Gasteiger partial charge in [0.15, 0.2) is 0 Å². The van der Waals surface area contributed by atoms with Gasteiger partial charge in [0.1, 0.15) is 11.6 Å². The Labute approximate surface area is 164 Å². The van der Waals surface area contributed by atoms with E-state index in [1.165, 1.54) is 12.1 Å². The number of halogens is 1. The van der Waals surface area contributed by atoms with Crippen molar-refractivity contribution in [3.63, 3.8) is 0 Å². The van der Waals surface area contributed by atoms with Crippen molar-refractivity contribution in [1.29, 1.82) is 0 Å². The molecule has 1 N–H and O–H groups in total.